The first-order valence-electron chi connectivity index (χ1n) is 5.97. The highest BCUT2D eigenvalue weighted by Crippen LogP contribution is 2.28. The number of carboxylic acid groups (broad SMARTS) is 1. The van der Waals surface area contributed by atoms with Gasteiger partial charge in [0.2, 0.25) is 0 Å². The molecule has 1 aliphatic heterocycles. The molecule has 0 unspecified atom stereocenters. The van der Waals surface area contributed by atoms with Crippen molar-refractivity contribution < 1.29 is 18.7 Å². The van der Waals surface area contributed by atoms with Crippen LogP contribution in [0.5, 0.6) is 0 Å². The second-order valence-corrected chi connectivity index (χ2v) is 4.45. The van der Waals surface area contributed by atoms with Crippen molar-refractivity contribution in [3.63, 3.8) is 0 Å². The number of hydrazine groups is 1. The van der Waals surface area contributed by atoms with Gasteiger partial charge >= 0.3 is 6.09 Å². The Morgan fingerprint density at radius 3 is 2.85 bits per heavy atom. The van der Waals surface area contributed by atoms with Crippen LogP contribution < -0.4 is 16.6 Å². The van der Waals surface area contributed by atoms with E-state index in [1.165, 1.54) is 12.1 Å². The van der Waals surface area contributed by atoms with Crippen LogP contribution in [0.1, 0.15) is 17.9 Å². The van der Waals surface area contributed by atoms with Crippen LogP contribution >= 0.6 is 0 Å². The van der Waals surface area contributed by atoms with Crippen LogP contribution in [0.25, 0.3) is 0 Å². The lowest BCUT2D eigenvalue weighted by Gasteiger charge is -2.28. The molecule has 0 fully saturated rings. The maximum atomic E-state index is 13.8. The number of rotatable bonds is 2. The molecular formula is C12H14F2N4O2. The van der Waals surface area contributed by atoms with Crippen LogP contribution in [0, 0.1) is 11.6 Å². The minimum Gasteiger partial charge on any atom is -0.465 e. The summed E-state index contributed by atoms with van der Waals surface area (Å²) in [7, 11) is 0. The van der Waals surface area contributed by atoms with Gasteiger partial charge in [-0.3, -0.25) is 4.99 Å². The molecule has 20 heavy (non-hydrogen) atoms. The van der Waals surface area contributed by atoms with E-state index in [1.807, 2.05) is 0 Å². The molecule has 0 aliphatic carbocycles. The lowest BCUT2D eigenvalue weighted by molar-refractivity contribution is 0.191. The molecule has 2 atom stereocenters. The van der Waals surface area contributed by atoms with Gasteiger partial charge in [-0.15, -0.1) is 0 Å². The predicted molar refractivity (Wildman–Crippen MR) is 68.3 cm³/mol. The first-order valence-corrected chi connectivity index (χ1v) is 5.97. The number of hydrogen-bond acceptors (Lipinski definition) is 4. The Morgan fingerprint density at radius 1 is 1.45 bits per heavy atom. The van der Waals surface area contributed by atoms with Gasteiger partial charge in [0.25, 0.3) is 0 Å². The molecule has 0 spiro atoms. The van der Waals surface area contributed by atoms with Crippen molar-refractivity contribution >= 4 is 11.9 Å². The van der Waals surface area contributed by atoms with Gasteiger partial charge in [-0.1, -0.05) is 12.1 Å². The smallest absolute Gasteiger partial charge is 0.405 e. The zero-order valence-corrected chi connectivity index (χ0v) is 10.4. The molecule has 1 aromatic carbocycles. The van der Waals surface area contributed by atoms with E-state index in [-0.39, 0.29) is 24.4 Å². The molecule has 108 valence electrons. The molecular weight excluding hydrogens is 270 g/mol. The summed E-state index contributed by atoms with van der Waals surface area (Å²) in [5.74, 6) is 3.26. The lowest BCUT2D eigenvalue weighted by Crippen LogP contribution is -2.51. The predicted octanol–water partition coefficient (Wildman–Crippen LogP) is 0.950. The quantitative estimate of drug-likeness (QED) is 0.480. The molecule has 0 saturated carbocycles. The molecule has 1 heterocycles. The van der Waals surface area contributed by atoms with E-state index in [9.17, 15) is 13.6 Å². The number of carbonyl (C=O) groups is 1. The molecule has 8 heteroatoms. The number of halogens is 2. The van der Waals surface area contributed by atoms with Gasteiger partial charge < -0.3 is 15.8 Å². The third-order valence-electron chi connectivity index (χ3n) is 3.20. The second-order valence-electron chi connectivity index (χ2n) is 4.45. The molecule has 1 aliphatic rings. The Morgan fingerprint density at radius 2 is 2.20 bits per heavy atom. The minimum atomic E-state index is -1.24. The third-order valence-corrected chi connectivity index (χ3v) is 3.20. The SMILES string of the molecule is NNC1=NC[C@H](c2cccc(F)c2F)C[C@@H]1NC(=O)O. The summed E-state index contributed by atoms with van der Waals surface area (Å²) >= 11 is 0. The molecule has 5 N–H and O–H groups in total. The number of amides is 1. The highest BCUT2D eigenvalue weighted by molar-refractivity contribution is 5.90. The molecule has 0 saturated heterocycles. The van der Waals surface area contributed by atoms with E-state index >= 15 is 0 Å². The monoisotopic (exact) mass is 284 g/mol. The summed E-state index contributed by atoms with van der Waals surface area (Å²) < 4.78 is 27.0. The fraction of sp³-hybridized carbons (Fsp3) is 0.333. The van der Waals surface area contributed by atoms with Crippen molar-refractivity contribution in [1.29, 1.82) is 0 Å². The van der Waals surface area contributed by atoms with E-state index in [0.29, 0.717) is 0 Å². The molecule has 0 aromatic heterocycles. The molecule has 2 rings (SSSR count). The fourth-order valence-corrected chi connectivity index (χ4v) is 2.27. The number of nitrogens with two attached hydrogens (primary N) is 1. The summed E-state index contributed by atoms with van der Waals surface area (Å²) in [5, 5.41) is 11.0. The van der Waals surface area contributed by atoms with Gasteiger partial charge in [-0.25, -0.2) is 19.4 Å². The van der Waals surface area contributed by atoms with Gasteiger partial charge in [-0.2, -0.15) is 0 Å². The van der Waals surface area contributed by atoms with E-state index < -0.39 is 29.7 Å². The maximum Gasteiger partial charge on any atom is 0.405 e. The molecule has 0 radical (unpaired) electrons. The fourth-order valence-electron chi connectivity index (χ4n) is 2.27. The average Bonchev–Trinajstić information content (AvgIpc) is 2.41. The van der Waals surface area contributed by atoms with E-state index in [1.54, 1.807) is 0 Å². The first kappa shape index (κ1) is 14.2. The summed E-state index contributed by atoms with van der Waals surface area (Å²) in [6, 6.07) is 3.23. The zero-order chi connectivity index (χ0) is 14.7. The number of benzene rings is 1. The third kappa shape index (κ3) is 2.85. The highest BCUT2D eigenvalue weighted by atomic mass is 19.2. The Hall–Kier alpha value is -2.22. The van der Waals surface area contributed by atoms with Crippen LogP contribution in [-0.2, 0) is 0 Å². The number of amidine groups is 1. The van der Waals surface area contributed by atoms with Crippen LogP contribution in [0.15, 0.2) is 23.2 Å². The van der Waals surface area contributed by atoms with E-state index in [4.69, 9.17) is 10.9 Å². The van der Waals surface area contributed by atoms with Crippen LogP contribution in [0.2, 0.25) is 0 Å². The second kappa shape index (κ2) is 5.83. The normalized spacial score (nSPS) is 22.1. The van der Waals surface area contributed by atoms with E-state index in [0.717, 1.165) is 6.07 Å². The highest BCUT2D eigenvalue weighted by Gasteiger charge is 2.29. The Bertz CT molecular complexity index is 550. The number of aliphatic imine (C=N–C) groups is 1. The lowest BCUT2D eigenvalue weighted by atomic mass is 9.89. The van der Waals surface area contributed by atoms with Gasteiger partial charge in [0.15, 0.2) is 11.6 Å². The van der Waals surface area contributed by atoms with Crippen molar-refractivity contribution in [3.05, 3.63) is 35.4 Å². The van der Waals surface area contributed by atoms with Gasteiger partial charge in [0, 0.05) is 12.5 Å². The molecule has 1 aromatic rings. The van der Waals surface area contributed by atoms with Crippen molar-refractivity contribution in [1.82, 2.24) is 10.7 Å². The minimum absolute atomic E-state index is 0.182. The van der Waals surface area contributed by atoms with Gasteiger partial charge in [0.05, 0.1) is 6.04 Å². The zero-order valence-electron chi connectivity index (χ0n) is 10.4. The number of nitrogens with one attached hydrogen (secondary N) is 2. The van der Waals surface area contributed by atoms with Crippen molar-refractivity contribution in [3.8, 4) is 0 Å². The summed E-state index contributed by atoms with van der Waals surface area (Å²) in [4.78, 5) is 14.8. The number of nitrogens with zero attached hydrogens (tertiary/aromatic N) is 1. The standard InChI is InChI=1S/C12H14F2N4O2/c13-8-3-1-2-7(10(8)14)6-4-9(17-12(19)20)11(18-15)16-5-6/h1-3,6,9,17H,4-5,15H2,(H,16,18)(H,19,20)/t6-,9+/m1/s1. The summed E-state index contributed by atoms with van der Waals surface area (Å²) in [6.07, 6.45) is -0.992. The van der Waals surface area contributed by atoms with Crippen molar-refractivity contribution in [2.45, 2.75) is 18.4 Å². The molecule has 6 nitrogen and oxygen atoms in total. The van der Waals surface area contributed by atoms with Crippen LogP contribution in [0.3, 0.4) is 0 Å². The molecule has 1 amide bonds. The number of hydrogen-bond donors (Lipinski definition) is 4. The van der Waals surface area contributed by atoms with Crippen LogP contribution in [-0.4, -0.2) is 29.6 Å². The topological polar surface area (TPSA) is 99.7 Å². The summed E-state index contributed by atoms with van der Waals surface area (Å²) in [5.41, 5.74) is 2.50. The Balaban J connectivity index is 2.25. The van der Waals surface area contributed by atoms with E-state index in [2.05, 4.69) is 15.7 Å². The van der Waals surface area contributed by atoms with Gasteiger partial charge in [0.1, 0.15) is 5.84 Å². The summed E-state index contributed by atoms with van der Waals surface area (Å²) in [6.45, 7) is 0.206. The van der Waals surface area contributed by atoms with Gasteiger partial charge in [-0.05, 0) is 18.1 Å². The van der Waals surface area contributed by atoms with Crippen molar-refractivity contribution in [2.24, 2.45) is 10.8 Å². The Labute approximate surface area is 113 Å². The van der Waals surface area contributed by atoms with Crippen molar-refractivity contribution in [2.75, 3.05) is 6.54 Å². The first-order chi connectivity index (χ1) is 9.52. The average molecular weight is 284 g/mol. The largest absolute Gasteiger partial charge is 0.465 e. The Kier molecular flexibility index (Phi) is 4.14. The van der Waals surface area contributed by atoms with Crippen LogP contribution in [0.4, 0.5) is 13.6 Å². The maximum absolute atomic E-state index is 13.8. The molecule has 0 bridgehead atoms.